The van der Waals surface area contributed by atoms with Gasteiger partial charge in [0.2, 0.25) is 0 Å². The van der Waals surface area contributed by atoms with Crippen LogP contribution in [0.5, 0.6) is 0 Å². The Morgan fingerprint density at radius 3 is 2.11 bits per heavy atom. The molecule has 1 aromatic carbocycles. The molecule has 1 aromatic rings. The zero-order chi connectivity index (χ0) is 14.4. The molecule has 19 heavy (non-hydrogen) atoms. The monoisotopic (exact) mass is 279 g/mol. The van der Waals surface area contributed by atoms with Crippen molar-refractivity contribution >= 4 is 17.5 Å². The predicted octanol–water partition coefficient (Wildman–Crippen LogP) is 3.68. The highest BCUT2D eigenvalue weighted by atomic mass is 32.2. The van der Waals surface area contributed by atoms with Gasteiger partial charge >= 0.3 is 0 Å². The van der Waals surface area contributed by atoms with Crippen LogP contribution in [0, 0.1) is 5.92 Å². The summed E-state index contributed by atoms with van der Waals surface area (Å²) >= 11 is 1.74. The Morgan fingerprint density at radius 2 is 1.68 bits per heavy atom. The summed E-state index contributed by atoms with van der Waals surface area (Å²) in [4.78, 5) is 12.5. The molecule has 3 heteroatoms. The van der Waals surface area contributed by atoms with Crippen molar-refractivity contribution < 1.29 is 4.79 Å². The predicted molar refractivity (Wildman–Crippen MR) is 84.6 cm³/mol. The fourth-order valence-corrected chi connectivity index (χ4v) is 3.06. The normalized spacial score (nSPS) is 14.7. The molecule has 0 aliphatic carbocycles. The molecule has 0 saturated heterocycles. The van der Waals surface area contributed by atoms with Crippen molar-refractivity contribution in [2.24, 2.45) is 5.92 Å². The number of Topliss-reactive ketones (excluding diaryl/α,β-unsaturated/α-hetero) is 1. The summed E-state index contributed by atoms with van der Waals surface area (Å²) in [6.07, 6.45) is 2.07. The van der Waals surface area contributed by atoms with Gasteiger partial charge in [0.1, 0.15) is 0 Å². The van der Waals surface area contributed by atoms with E-state index in [0.717, 1.165) is 0 Å². The number of thioether (sulfide) groups is 1. The number of ketones is 1. The van der Waals surface area contributed by atoms with E-state index in [1.165, 1.54) is 5.56 Å². The smallest absolute Gasteiger partial charge is 0.153 e. The molecule has 0 saturated carbocycles. The average molecular weight is 279 g/mol. The SMILES string of the molecule is CSC(c1ccccc1)C(NC(C)C)C(=O)C(C)C. The Morgan fingerprint density at radius 1 is 1.11 bits per heavy atom. The van der Waals surface area contributed by atoms with Crippen molar-refractivity contribution in [3.63, 3.8) is 0 Å². The first kappa shape index (κ1) is 16.3. The maximum absolute atomic E-state index is 12.5. The van der Waals surface area contributed by atoms with E-state index >= 15 is 0 Å². The molecule has 2 unspecified atom stereocenters. The van der Waals surface area contributed by atoms with E-state index < -0.39 is 0 Å². The highest BCUT2D eigenvalue weighted by Crippen LogP contribution is 2.31. The van der Waals surface area contributed by atoms with Crippen molar-refractivity contribution in [2.45, 2.75) is 45.0 Å². The molecule has 1 N–H and O–H groups in total. The largest absolute Gasteiger partial charge is 0.304 e. The number of hydrogen-bond donors (Lipinski definition) is 1. The molecule has 0 spiro atoms. The summed E-state index contributed by atoms with van der Waals surface area (Å²) in [5.74, 6) is 0.339. The maximum Gasteiger partial charge on any atom is 0.153 e. The maximum atomic E-state index is 12.5. The second-order valence-corrected chi connectivity index (χ2v) is 6.40. The van der Waals surface area contributed by atoms with Crippen LogP contribution < -0.4 is 5.32 Å². The zero-order valence-corrected chi connectivity index (χ0v) is 13.3. The van der Waals surface area contributed by atoms with Gasteiger partial charge in [-0.05, 0) is 11.8 Å². The van der Waals surface area contributed by atoms with Crippen LogP contribution in [0.1, 0.15) is 38.5 Å². The number of benzene rings is 1. The lowest BCUT2D eigenvalue weighted by Gasteiger charge is -2.29. The Hall–Kier alpha value is -0.800. The molecular weight excluding hydrogens is 254 g/mol. The average Bonchev–Trinajstić information content (AvgIpc) is 2.38. The van der Waals surface area contributed by atoms with Gasteiger partial charge in [0, 0.05) is 12.0 Å². The molecule has 0 aromatic heterocycles. The van der Waals surface area contributed by atoms with Crippen molar-refractivity contribution in [3.05, 3.63) is 35.9 Å². The summed E-state index contributed by atoms with van der Waals surface area (Å²) in [5.41, 5.74) is 1.21. The van der Waals surface area contributed by atoms with Gasteiger partial charge < -0.3 is 5.32 Å². The third-order valence-corrected chi connectivity index (χ3v) is 4.13. The van der Waals surface area contributed by atoms with Crippen LogP contribution >= 0.6 is 11.8 Å². The number of nitrogens with one attached hydrogen (secondary N) is 1. The van der Waals surface area contributed by atoms with Crippen LogP contribution in [0.3, 0.4) is 0 Å². The van der Waals surface area contributed by atoms with Crippen molar-refractivity contribution in [1.82, 2.24) is 5.32 Å². The van der Waals surface area contributed by atoms with E-state index in [1.54, 1.807) is 11.8 Å². The standard InChI is InChI=1S/C16H25NOS/c1-11(2)15(18)14(17-12(3)4)16(19-5)13-9-7-6-8-10-13/h6-12,14,16-17H,1-5H3. The quantitative estimate of drug-likeness (QED) is 0.825. The minimum atomic E-state index is -0.127. The Labute approximate surface area is 121 Å². The van der Waals surface area contributed by atoms with Crippen molar-refractivity contribution in [1.29, 1.82) is 0 Å². The molecule has 0 aliphatic heterocycles. The zero-order valence-electron chi connectivity index (χ0n) is 12.5. The number of rotatable bonds is 7. The van der Waals surface area contributed by atoms with Gasteiger partial charge in [0.05, 0.1) is 11.3 Å². The Balaban J connectivity index is 3.03. The number of carbonyl (C=O) groups excluding carboxylic acids is 1. The summed E-state index contributed by atoms with van der Waals surface area (Å²) in [6.45, 7) is 8.12. The minimum Gasteiger partial charge on any atom is -0.304 e. The van der Waals surface area contributed by atoms with Gasteiger partial charge in [-0.2, -0.15) is 11.8 Å². The first-order valence-corrected chi connectivity index (χ1v) is 8.13. The molecular formula is C16H25NOS. The Kier molecular flexibility index (Phi) is 6.59. The summed E-state index contributed by atoms with van der Waals surface area (Å²) in [7, 11) is 0. The molecule has 0 heterocycles. The van der Waals surface area contributed by atoms with Gasteiger partial charge in [0.15, 0.2) is 5.78 Å². The molecule has 106 valence electrons. The van der Waals surface area contributed by atoms with Crippen LogP contribution in [0.15, 0.2) is 30.3 Å². The minimum absolute atomic E-state index is 0.0506. The van der Waals surface area contributed by atoms with E-state index in [1.807, 2.05) is 32.0 Å². The lowest BCUT2D eigenvalue weighted by Crippen LogP contribution is -2.45. The Bertz CT molecular complexity index is 389. The fraction of sp³-hybridized carbons (Fsp3) is 0.562. The van der Waals surface area contributed by atoms with Crippen molar-refractivity contribution in [3.8, 4) is 0 Å². The van der Waals surface area contributed by atoms with Crippen LogP contribution in [-0.2, 0) is 4.79 Å². The highest BCUT2D eigenvalue weighted by molar-refractivity contribution is 7.98. The summed E-state index contributed by atoms with van der Waals surface area (Å²) < 4.78 is 0. The molecule has 0 fully saturated rings. The molecule has 0 bridgehead atoms. The van der Waals surface area contributed by atoms with E-state index in [2.05, 4.69) is 37.6 Å². The van der Waals surface area contributed by atoms with Gasteiger partial charge in [-0.15, -0.1) is 0 Å². The molecule has 0 radical (unpaired) electrons. The van der Waals surface area contributed by atoms with Crippen LogP contribution in [-0.4, -0.2) is 24.1 Å². The second kappa shape index (κ2) is 7.71. The first-order chi connectivity index (χ1) is 8.97. The van der Waals surface area contributed by atoms with Crippen molar-refractivity contribution in [2.75, 3.05) is 6.26 Å². The van der Waals surface area contributed by atoms with E-state index in [-0.39, 0.29) is 23.0 Å². The van der Waals surface area contributed by atoms with Crippen LogP contribution in [0.2, 0.25) is 0 Å². The number of hydrogen-bond acceptors (Lipinski definition) is 3. The van der Waals surface area contributed by atoms with Gasteiger partial charge in [-0.3, -0.25) is 4.79 Å². The number of carbonyl (C=O) groups is 1. The van der Waals surface area contributed by atoms with E-state index in [9.17, 15) is 4.79 Å². The van der Waals surface area contributed by atoms with Crippen LogP contribution in [0.25, 0.3) is 0 Å². The summed E-state index contributed by atoms with van der Waals surface area (Å²) in [6, 6.07) is 10.4. The summed E-state index contributed by atoms with van der Waals surface area (Å²) in [5, 5.41) is 3.61. The van der Waals surface area contributed by atoms with Gasteiger partial charge in [-0.25, -0.2) is 0 Å². The van der Waals surface area contributed by atoms with E-state index in [4.69, 9.17) is 0 Å². The van der Waals surface area contributed by atoms with Crippen LogP contribution in [0.4, 0.5) is 0 Å². The molecule has 0 aliphatic rings. The topological polar surface area (TPSA) is 29.1 Å². The third kappa shape index (κ3) is 4.66. The van der Waals surface area contributed by atoms with Gasteiger partial charge in [0.25, 0.3) is 0 Å². The molecule has 2 atom stereocenters. The fourth-order valence-electron chi connectivity index (χ4n) is 2.14. The lowest BCUT2D eigenvalue weighted by molar-refractivity contribution is -0.124. The third-order valence-electron chi connectivity index (χ3n) is 3.07. The molecule has 0 amide bonds. The first-order valence-electron chi connectivity index (χ1n) is 6.84. The molecule has 1 rings (SSSR count). The highest BCUT2D eigenvalue weighted by Gasteiger charge is 2.30. The second-order valence-electron chi connectivity index (χ2n) is 5.42. The van der Waals surface area contributed by atoms with Gasteiger partial charge in [-0.1, -0.05) is 58.0 Å². The lowest BCUT2D eigenvalue weighted by atomic mass is 9.94. The van der Waals surface area contributed by atoms with E-state index in [0.29, 0.717) is 6.04 Å². The molecule has 2 nitrogen and oxygen atoms in total.